The number of hydrogen-bond donors (Lipinski definition) is 0. The Hall–Kier alpha value is -1.53. The lowest BCUT2D eigenvalue weighted by Crippen LogP contribution is -2.29. The van der Waals surface area contributed by atoms with E-state index in [1.165, 1.54) is 113 Å². The van der Waals surface area contributed by atoms with E-state index in [4.69, 9.17) is 0 Å². The second-order valence-electron chi connectivity index (χ2n) is 11.7. The summed E-state index contributed by atoms with van der Waals surface area (Å²) in [7, 11) is 3.30. The van der Waals surface area contributed by atoms with Crippen molar-refractivity contribution in [3.63, 3.8) is 0 Å². The average Bonchev–Trinajstić information content (AvgIpc) is 3.00. The van der Waals surface area contributed by atoms with E-state index in [-0.39, 0.29) is 30.0 Å². The molecule has 42 heavy (non-hydrogen) atoms. The molecule has 0 fully saturated rings. The predicted molar refractivity (Wildman–Crippen MR) is 196 cm³/mol. The summed E-state index contributed by atoms with van der Waals surface area (Å²) in [6, 6.07) is 31.8. The Morgan fingerprint density at radius 1 is 0.571 bits per heavy atom. The van der Waals surface area contributed by atoms with Crippen LogP contribution in [0.5, 0.6) is 0 Å². The lowest BCUT2D eigenvalue weighted by atomic mass is 9.74. The molecule has 1 nitrogen and oxygen atoms in total. The Morgan fingerprint density at radius 2 is 1.02 bits per heavy atom. The third-order valence-corrected chi connectivity index (χ3v) is 9.73. The zero-order valence-corrected chi connectivity index (χ0v) is 29.4. The molecule has 0 aromatic heterocycles. The molecule has 0 spiro atoms. The molecule has 0 aliphatic heterocycles. The first-order valence-corrected chi connectivity index (χ1v) is 17.0. The molecule has 0 aliphatic carbocycles. The predicted octanol–water partition coefficient (Wildman–Crippen LogP) is 12.4. The van der Waals surface area contributed by atoms with E-state index in [1.807, 2.05) is 0 Å². The van der Waals surface area contributed by atoms with Gasteiger partial charge in [-0.05, 0) is 48.1 Å². The fourth-order valence-electron chi connectivity index (χ4n) is 6.29. The van der Waals surface area contributed by atoms with Gasteiger partial charge in [0.15, 0.2) is 0 Å². The van der Waals surface area contributed by atoms with Crippen LogP contribution in [-0.2, 0) is 5.16 Å². The standard InChI is InChI=1S/C38H56NP.2ClH/c1-4-7-9-11-13-21-30-39(31-22-14-12-10-8-5-2)36-29-23-24-33(32-36)37(6-3)38(40,34-25-17-15-18-26-34)35-27-19-16-20-28-35;;/h15-20,23-29,32,37H,4-14,21-22,30-31,40H2,1-3H3;2*1H. The van der Waals surface area contributed by atoms with Crippen LogP contribution in [-0.4, -0.2) is 13.1 Å². The Kier molecular flexibility index (Phi) is 20.2. The van der Waals surface area contributed by atoms with Gasteiger partial charge in [-0.25, -0.2) is 0 Å². The number of unbranched alkanes of at least 4 members (excludes halogenated alkanes) is 10. The number of halogens is 2. The molecule has 0 saturated heterocycles. The van der Waals surface area contributed by atoms with Crippen LogP contribution in [0.3, 0.4) is 0 Å². The molecular weight excluding hydrogens is 572 g/mol. The van der Waals surface area contributed by atoms with Crippen LogP contribution in [0.25, 0.3) is 0 Å². The lowest BCUT2D eigenvalue weighted by molar-refractivity contribution is 0.541. The van der Waals surface area contributed by atoms with Crippen LogP contribution in [0.15, 0.2) is 84.9 Å². The number of hydrogen-bond acceptors (Lipinski definition) is 1. The highest BCUT2D eigenvalue weighted by Gasteiger charge is 2.38. The molecule has 0 aliphatic rings. The normalized spacial score (nSPS) is 11.8. The molecule has 2 unspecified atom stereocenters. The van der Waals surface area contributed by atoms with E-state index in [1.54, 1.807) is 0 Å². The molecule has 0 amide bonds. The van der Waals surface area contributed by atoms with Crippen molar-refractivity contribution in [1.82, 2.24) is 0 Å². The van der Waals surface area contributed by atoms with Gasteiger partial charge in [-0.1, -0.05) is 158 Å². The van der Waals surface area contributed by atoms with Crippen LogP contribution >= 0.6 is 34.1 Å². The fraction of sp³-hybridized carbons (Fsp3) is 0.526. The van der Waals surface area contributed by atoms with Gasteiger partial charge >= 0.3 is 0 Å². The molecule has 0 saturated carbocycles. The van der Waals surface area contributed by atoms with Gasteiger partial charge < -0.3 is 4.90 Å². The summed E-state index contributed by atoms with van der Waals surface area (Å²) in [6.45, 7) is 9.30. The number of benzene rings is 3. The van der Waals surface area contributed by atoms with Crippen molar-refractivity contribution in [2.45, 2.75) is 115 Å². The quantitative estimate of drug-likeness (QED) is 0.0887. The first-order valence-electron chi connectivity index (χ1n) is 16.4. The first-order chi connectivity index (χ1) is 19.6. The third-order valence-electron chi connectivity index (χ3n) is 8.66. The third kappa shape index (κ3) is 11.5. The summed E-state index contributed by atoms with van der Waals surface area (Å²) >= 11 is 0. The highest BCUT2D eigenvalue weighted by Crippen LogP contribution is 2.51. The smallest absolute Gasteiger partial charge is 0.0412 e. The summed E-state index contributed by atoms with van der Waals surface area (Å²) in [5, 5.41) is -0.181. The molecule has 0 N–H and O–H groups in total. The summed E-state index contributed by atoms with van der Waals surface area (Å²) in [4.78, 5) is 2.70. The van der Waals surface area contributed by atoms with Crippen LogP contribution in [0, 0.1) is 0 Å². The molecular formula is C38H58Cl2NP. The van der Waals surface area contributed by atoms with Crippen LogP contribution in [0.2, 0.25) is 0 Å². The van der Waals surface area contributed by atoms with Crippen molar-refractivity contribution >= 4 is 39.7 Å². The van der Waals surface area contributed by atoms with Gasteiger partial charge in [0.25, 0.3) is 0 Å². The van der Waals surface area contributed by atoms with E-state index < -0.39 is 0 Å². The van der Waals surface area contributed by atoms with Crippen molar-refractivity contribution in [3.8, 4) is 0 Å². The van der Waals surface area contributed by atoms with Gasteiger partial charge in [0, 0.05) is 29.9 Å². The zero-order valence-electron chi connectivity index (χ0n) is 26.6. The van der Waals surface area contributed by atoms with Crippen molar-refractivity contribution in [2.75, 3.05) is 18.0 Å². The average molecular weight is 631 g/mol. The minimum Gasteiger partial charge on any atom is -0.372 e. The Morgan fingerprint density at radius 3 is 1.48 bits per heavy atom. The molecule has 3 aromatic carbocycles. The topological polar surface area (TPSA) is 3.24 Å². The fourth-order valence-corrected chi connectivity index (χ4v) is 7.10. The molecule has 3 rings (SSSR count). The maximum Gasteiger partial charge on any atom is 0.0412 e. The van der Waals surface area contributed by atoms with Crippen molar-refractivity contribution < 1.29 is 0 Å². The largest absolute Gasteiger partial charge is 0.372 e. The van der Waals surface area contributed by atoms with E-state index in [9.17, 15) is 0 Å². The minimum atomic E-state index is -0.181. The maximum atomic E-state index is 3.30. The maximum absolute atomic E-state index is 3.30. The highest BCUT2D eigenvalue weighted by molar-refractivity contribution is 7.19. The van der Waals surface area contributed by atoms with Gasteiger partial charge in [-0.3, -0.25) is 0 Å². The SMILES string of the molecule is CCCCCCCCN(CCCCCCCC)c1cccc(C(CC)C(P)(c2ccccc2)c2ccccc2)c1.Cl.Cl. The number of rotatable bonds is 20. The van der Waals surface area contributed by atoms with Crippen LogP contribution in [0.1, 0.15) is 127 Å². The summed E-state index contributed by atoms with van der Waals surface area (Å²) in [5.41, 5.74) is 5.57. The monoisotopic (exact) mass is 629 g/mol. The van der Waals surface area contributed by atoms with Crippen molar-refractivity contribution in [3.05, 3.63) is 102 Å². The van der Waals surface area contributed by atoms with Crippen molar-refractivity contribution in [1.29, 1.82) is 0 Å². The Bertz CT molecular complexity index is 1000. The molecule has 3 aromatic rings. The van der Waals surface area contributed by atoms with Gasteiger partial charge in [0.1, 0.15) is 0 Å². The van der Waals surface area contributed by atoms with E-state index in [2.05, 4.69) is 120 Å². The summed E-state index contributed by atoms with van der Waals surface area (Å²) in [5.74, 6) is 0.354. The van der Waals surface area contributed by atoms with E-state index in [0.717, 1.165) is 6.42 Å². The van der Waals surface area contributed by atoms with Gasteiger partial charge in [-0.15, -0.1) is 34.1 Å². The summed E-state index contributed by atoms with van der Waals surface area (Å²) in [6.07, 6.45) is 17.3. The minimum absolute atomic E-state index is 0. The number of anilines is 1. The Balaban J connectivity index is 0.00000441. The number of nitrogens with zero attached hydrogens (tertiary/aromatic N) is 1. The van der Waals surface area contributed by atoms with Crippen LogP contribution < -0.4 is 4.90 Å². The lowest BCUT2D eigenvalue weighted by Gasteiger charge is -2.39. The molecule has 0 heterocycles. The molecule has 4 heteroatoms. The van der Waals surface area contributed by atoms with Crippen molar-refractivity contribution in [2.24, 2.45) is 0 Å². The highest BCUT2D eigenvalue weighted by atomic mass is 35.5. The van der Waals surface area contributed by atoms with Gasteiger partial charge in [0.05, 0.1) is 0 Å². The second kappa shape index (κ2) is 22.0. The zero-order chi connectivity index (χ0) is 28.5. The first kappa shape index (κ1) is 38.5. The summed E-state index contributed by atoms with van der Waals surface area (Å²) < 4.78 is 0. The van der Waals surface area contributed by atoms with Crippen LogP contribution in [0.4, 0.5) is 5.69 Å². The van der Waals surface area contributed by atoms with Gasteiger partial charge in [-0.2, -0.15) is 0 Å². The molecule has 2 atom stereocenters. The molecule has 234 valence electrons. The molecule has 0 radical (unpaired) electrons. The molecule has 0 bridgehead atoms. The second-order valence-corrected chi connectivity index (χ2v) is 12.6. The van der Waals surface area contributed by atoms with E-state index >= 15 is 0 Å². The Labute approximate surface area is 273 Å². The van der Waals surface area contributed by atoms with Gasteiger partial charge in [0.2, 0.25) is 0 Å². The van der Waals surface area contributed by atoms with E-state index in [0.29, 0.717) is 5.92 Å².